The van der Waals surface area contributed by atoms with Crippen LogP contribution in [0.2, 0.25) is 0 Å². The van der Waals surface area contributed by atoms with E-state index in [0.717, 1.165) is 32.4 Å². The zero-order chi connectivity index (χ0) is 11.7. The lowest BCUT2D eigenvalue weighted by Crippen LogP contribution is -2.52. The van der Waals surface area contributed by atoms with Gasteiger partial charge in [-0.2, -0.15) is 0 Å². The molecule has 3 heteroatoms. The van der Waals surface area contributed by atoms with Crippen LogP contribution in [0.1, 0.15) is 31.2 Å². The lowest BCUT2D eigenvalue weighted by atomic mass is 9.96. The molecule has 2 aliphatic rings. The van der Waals surface area contributed by atoms with Gasteiger partial charge in [-0.05, 0) is 31.4 Å². The molecule has 0 spiro atoms. The first-order chi connectivity index (χ1) is 8.33. The highest BCUT2D eigenvalue weighted by Gasteiger charge is 2.46. The van der Waals surface area contributed by atoms with Crippen LogP contribution < -0.4 is 5.32 Å². The maximum absolute atomic E-state index is 12.0. The van der Waals surface area contributed by atoms with Gasteiger partial charge in [0.05, 0.1) is 0 Å². The summed E-state index contributed by atoms with van der Waals surface area (Å²) in [6.45, 7) is 1.89. The molecule has 2 heterocycles. The first-order valence-electron chi connectivity index (χ1n) is 6.44. The number of fused-ring (bicyclic) bond motifs is 1. The van der Waals surface area contributed by atoms with Crippen LogP contribution in [0.25, 0.3) is 0 Å². The van der Waals surface area contributed by atoms with Crippen LogP contribution in [-0.2, 0) is 10.5 Å². The third-order valence-electron chi connectivity index (χ3n) is 3.94. The van der Waals surface area contributed by atoms with Gasteiger partial charge in [0.2, 0.25) is 5.91 Å². The van der Waals surface area contributed by atoms with Crippen LogP contribution in [0.15, 0.2) is 30.3 Å². The fourth-order valence-corrected chi connectivity index (χ4v) is 3.08. The predicted octanol–water partition coefficient (Wildman–Crippen LogP) is 1.85. The van der Waals surface area contributed by atoms with E-state index < -0.39 is 0 Å². The Labute approximate surface area is 102 Å². The van der Waals surface area contributed by atoms with Crippen molar-refractivity contribution in [3.63, 3.8) is 0 Å². The number of hydrogen-bond acceptors (Lipinski definition) is 2. The highest BCUT2D eigenvalue weighted by atomic mass is 16.2. The van der Waals surface area contributed by atoms with Crippen LogP contribution in [0.3, 0.4) is 0 Å². The van der Waals surface area contributed by atoms with Gasteiger partial charge in [-0.1, -0.05) is 30.3 Å². The van der Waals surface area contributed by atoms with Gasteiger partial charge in [-0.15, -0.1) is 0 Å². The molecular weight excluding hydrogens is 212 g/mol. The van der Waals surface area contributed by atoms with E-state index in [2.05, 4.69) is 34.5 Å². The van der Waals surface area contributed by atoms with Crippen molar-refractivity contribution in [1.82, 2.24) is 10.2 Å². The van der Waals surface area contributed by atoms with Crippen molar-refractivity contribution >= 4 is 5.91 Å². The van der Waals surface area contributed by atoms with Gasteiger partial charge in [0.15, 0.2) is 0 Å². The standard InChI is InChI=1S/C14H18N2O/c17-13-8-9-14(12-6-2-1-3-7-12)15-10-4-5-11-16(13)14/h1-3,6-7,15H,4-5,8-11H2. The summed E-state index contributed by atoms with van der Waals surface area (Å²) in [7, 11) is 0. The summed E-state index contributed by atoms with van der Waals surface area (Å²) in [5, 5.41) is 3.61. The largest absolute Gasteiger partial charge is 0.320 e. The second kappa shape index (κ2) is 4.15. The molecule has 17 heavy (non-hydrogen) atoms. The SMILES string of the molecule is O=C1CCC2(c3ccccc3)NCCCCN12. The normalized spacial score (nSPS) is 28.9. The average molecular weight is 230 g/mol. The fourth-order valence-electron chi connectivity index (χ4n) is 3.08. The molecule has 3 nitrogen and oxygen atoms in total. The molecule has 0 radical (unpaired) electrons. The smallest absolute Gasteiger partial charge is 0.224 e. The van der Waals surface area contributed by atoms with Crippen molar-refractivity contribution in [1.29, 1.82) is 0 Å². The van der Waals surface area contributed by atoms with E-state index >= 15 is 0 Å². The molecule has 1 aromatic rings. The molecule has 1 amide bonds. The van der Waals surface area contributed by atoms with Crippen LogP contribution >= 0.6 is 0 Å². The van der Waals surface area contributed by atoms with Gasteiger partial charge < -0.3 is 4.90 Å². The van der Waals surface area contributed by atoms with Crippen LogP contribution in [0.5, 0.6) is 0 Å². The minimum absolute atomic E-state index is 0.227. The Morgan fingerprint density at radius 2 is 2.00 bits per heavy atom. The number of nitrogens with one attached hydrogen (secondary N) is 1. The van der Waals surface area contributed by atoms with Crippen molar-refractivity contribution < 1.29 is 4.79 Å². The Bertz CT molecular complexity index is 417. The highest BCUT2D eigenvalue weighted by molar-refractivity contribution is 5.80. The molecule has 0 aliphatic carbocycles. The van der Waals surface area contributed by atoms with Gasteiger partial charge in [0.25, 0.3) is 0 Å². The summed E-state index contributed by atoms with van der Waals surface area (Å²) in [5.74, 6) is 0.295. The maximum Gasteiger partial charge on any atom is 0.224 e. The molecule has 1 aromatic carbocycles. The second-order valence-electron chi connectivity index (χ2n) is 4.91. The highest BCUT2D eigenvalue weighted by Crippen LogP contribution is 2.38. The molecular formula is C14H18N2O. The van der Waals surface area contributed by atoms with Crippen molar-refractivity contribution in [3.05, 3.63) is 35.9 Å². The zero-order valence-electron chi connectivity index (χ0n) is 9.98. The molecule has 2 saturated heterocycles. The molecule has 0 aromatic heterocycles. The summed E-state index contributed by atoms with van der Waals surface area (Å²) in [4.78, 5) is 14.1. The van der Waals surface area contributed by atoms with Gasteiger partial charge >= 0.3 is 0 Å². The van der Waals surface area contributed by atoms with Crippen molar-refractivity contribution in [2.45, 2.75) is 31.3 Å². The zero-order valence-corrected chi connectivity index (χ0v) is 9.98. The summed E-state index contributed by atoms with van der Waals surface area (Å²) in [6.07, 6.45) is 3.82. The van der Waals surface area contributed by atoms with E-state index in [-0.39, 0.29) is 5.66 Å². The number of carbonyl (C=O) groups is 1. The number of hydrogen-bond donors (Lipinski definition) is 1. The van der Waals surface area contributed by atoms with Crippen molar-refractivity contribution in [2.75, 3.05) is 13.1 Å². The van der Waals surface area contributed by atoms with E-state index in [9.17, 15) is 4.79 Å². The Kier molecular flexibility index (Phi) is 2.63. The number of amides is 1. The molecule has 0 bridgehead atoms. The minimum Gasteiger partial charge on any atom is -0.320 e. The Morgan fingerprint density at radius 3 is 2.82 bits per heavy atom. The third kappa shape index (κ3) is 1.65. The number of rotatable bonds is 1. The third-order valence-corrected chi connectivity index (χ3v) is 3.94. The summed E-state index contributed by atoms with van der Waals surface area (Å²) in [5.41, 5.74) is 1.00. The molecule has 1 atom stereocenters. The minimum atomic E-state index is -0.227. The summed E-state index contributed by atoms with van der Waals surface area (Å²) < 4.78 is 0. The average Bonchev–Trinajstić information content (AvgIpc) is 2.58. The Morgan fingerprint density at radius 1 is 1.18 bits per heavy atom. The van der Waals surface area contributed by atoms with E-state index in [1.165, 1.54) is 5.56 Å². The number of benzene rings is 1. The van der Waals surface area contributed by atoms with Crippen LogP contribution in [0.4, 0.5) is 0 Å². The second-order valence-corrected chi connectivity index (χ2v) is 4.91. The van der Waals surface area contributed by atoms with Crippen molar-refractivity contribution in [3.8, 4) is 0 Å². The monoisotopic (exact) mass is 230 g/mol. The molecule has 90 valence electrons. The van der Waals surface area contributed by atoms with Gasteiger partial charge in [0.1, 0.15) is 5.66 Å². The van der Waals surface area contributed by atoms with Crippen molar-refractivity contribution in [2.24, 2.45) is 0 Å². The summed E-state index contributed by atoms with van der Waals surface area (Å²) in [6, 6.07) is 10.4. The van der Waals surface area contributed by atoms with E-state index in [1.54, 1.807) is 0 Å². The quantitative estimate of drug-likeness (QED) is 0.798. The molecule has 2 aliphatic heterocycles. The molecule has 0 saturated carbocycles. The maximum atomic E-state index is 12.0. The van der Waals surface area contributed by atoms with Gasteiger partial charge in [-0.3, -0.25) is 10.1 Å². The number of nitrogens with zero attached hydrogens (tertiary/aromatic N) is 1. The van der Waals surface area contributed by atoms with E-state index in [0.29, 0.717) is 12.3 Å². The predicted molar refractivity (Wildman–Crippen MR) is 66.3 cm³/mol. The van der Waals surface area contributed by atoms with Crippen LogP contribution in [-0.4, -0.2) is 23.9 Å². The van der Waals surface area contributed by atoms with Crippen LogP contribution in [0, 0.1) is 0 Å². The van der Waals surface area contributed by atoms with Gasteiger partial charge in [0, 0.05) is 13.0 Å². The number of carbonyl (C=O) groups excluding carboxylic acids is 1. The molecule has 3 rings (SSSR count). The first-order valence-corrected chi connectivity index (χ1v) is 6.44. The lowest BCUT2D eigenvalue weighted by molar-refractivity contribution is -0.132. The summed E-state index contributed by atoms with van der Waals surface area (Å²) >= 11 is 0. The lowest BCUT2D eigenvalue weighted by Gasteiger charge is -2.38. The first kappa shape index (κ1) is 10.8. The topological polar surface area (TPSA) is 32.3 Å². The Balaban J connectivity index is 2.04. The molecule has 2 fully saturated rings. The van der Waals surface area contributed by atoms with Gasteiger partial charge in [-0.25, -0.2) is 0 Å². The fraction of sp³-hybridized carbons (Fsp3) is 0.500. The molecule has 1 unspecified atom stereocenters. The van der Waals surface area contributed by atoms with E-state index in [4.69, 9.17) is 0 Å². The Hall–Kier alpha value is -1.35. The molecule has 1 N–H and O–H groups in total. The van der Waals surface area contributed by atoms with E-state index in [1.807, 2.05) is 6.07 Å².